The minimum atomic E-state index is -0.0233. The van der Waals surface area contributed by atoms with Crippen LogP contribution in [-0.4, -0.2) is 123 Å². The van der Waals surface area contributed by atoms with Gasteiger partial charge in [-0.05, 0) is 67.1 Å². The van der Waals surface area contributed by atoms with E-state index >= 15 is 0 Å². The van der Waals surface area contributed by atoms with E-state index in [1.165, 1.54) is 4.70 Å². The van der Waals surface area contributed by atoms with Gasteiger partial charge in [0.2, 0.25) is 17.8 Å². The molecule has 1 saturated heterocycles. The molecule has 0 radical (unpaired) electrons. The Bertz CT molecular complexity index is 1890. The molecule has 56 heavy (non-hydrogen) atoms. The average Bonchev–Trinajstić information content (AvgIpc) is 3.65. The lowest BCUT2D eigenvalue weighted by Crippen LogP contribution is -2.42. The summed E-state index contributed by atoms with van der Waals surface area (Å²) in [7, 11) is 2.02. The molecule has 3 aromatic carbocycles. The molecule has 0 bridgehead atoms. The third-order valence-electron chi connectivity index (χ3n) is 9.26. The SMILES string of the molecule is CN(CCOc1nc(NCCC(=O)NCCCN2CCNCCNCCNCC2)nc(NCc2ccc(Cl)cc2)n1)c1ccc(-c2nc3ccccc3s2)cc1. The number of halogens is 1. The lowest BCUT2D eigenvalue weighted by Gasteiger charge is -2.23. The van der Waals surface area contributed by atoms with E-state index in [4.69, 9.17) is 21.3 Å². The minimum absolute atomic E-state index is 0.0233. The third-order valence-corrected chi connectivity index (χ3v) is 10.6. The molecule has 6 N–H and O–H groups in total. The molecule has 0 unspecified atom stereocenters. The van der Waals surface area contributed by atoms with Crippen molar-refractivity contribution in [3.8, 4) is 16.6 Å². The Balaban J connectivity index is 0.970. The van der Waals surface area contributed by atoms with Crippen LogP contribution in [0.25, 0.3) is 20.8 Å². The maximum Gasteiger partial charge on any atom is 0.323 e. The van der Waals surface area contributed by atoms with Crippen LogP contribution in [0, 0.1) is 0 Å². The van der Waals surface area contributed by atoms with E-state index in [0.29, 0.717) is 49.7 Å². The average molecular weight is 801 g/mol. The summed E-state index contributed by atoms with van der Waals surface area (Å²) in [5.74, 6) is 0.665. The van der Waals surface area contributed by atoms with Crippen LogP contribution in [0.3, 0.4) is 0 Å². The number of anilines is 3. The van der Waals surface area contributed by atoms with E-state index < -0.39 is 0 Å². The molecule has 2 aromatic heterocycles. The zero-order valence-electron chi connectivity index (χ0n) is 32.0. The van der Waals surface area contributed by atoms with Crippen molar-refractivity contribution in [1.82, 2.24) is 46.1 Å². The molecule has 6 rings (SSSR count). The number of benzene rings is 3. The third kappa shape index (κ3) is 13.5. The highest BCUT2D eigenvalue weighted by atomic mass is 35.5. The fraction of sp³-hybridized carbons (Fsp3) is 0.425. The second kappa shape index (κ2) is 22.2. The van der Waals surface area contributed by atoms with Gasteiger partial charge in [0.15, 0.2) is 0 Å². The van der Waals surface area contributed by atoms with E-state index in [0.717, 1.165) is 92.7 Å². The molecule has 5 aromatic rings. The van der Waals surface area contributed by atoms with E-state index in [1.54, 1.807) is 11.3 Å². The number of aromatic nitrogens is 4. The molecule has 1 amide bonds. The number of fused-ring (bicyclic) bond motifs is 1. The van der Waals surface area contributed by atoms with Crippen molar-refractivity contribution in [2.45, 2.75) is 19.4 Å². The number of thiazole rings is 1. The molecule has 0 atom stereocenters. The van der Waals surface area contributed by atoms with Gasteiger partial charge in [0, 0.05) is 102 Å². The van der Waals surface area contributed by atoms with Gasteiger partial charge in [-0.25, -0.2) is 4.98 Å². The molecule has 1 fully saturated rings. The Morgan fingerprint density at radius 2 is 1.54 bits per heavy atom. The Kier molecular flexibility index (Phi) is 16.2. The van der Waals surface area contributed by atoms with Crippen molar-refractivity contribution in [2.24, 2.45) is 0 Å². The van der Waals surface area contributed by atoms with Gasteiger partial charge >= 0.3 is 6.01 Å². The van der Waals surface area contributed by atoms with Crippen LogP contribution in [0.5, 0.6) is 6.01 Å². The number of para-hydroxylation sites is 1. The number of hydrogen-bond donors (Lipinski definition) is 6. The number of nitrogens with zero attached hydrogens (tertiary/aromatic N) is 6. The molecule has 14 nitrogen and oxygen atoms in total. The van der Waals surface area contributed by atoms with E-state index in [-0.39, 0.29) is 18.3 Å². The first-order chi connectivity index (χ1) is 27.5. The normalized spacial score (nSPS) is 14.4. The number of carbonyl (C=O) groups is 1. The molecular formula is C40H53ClN12O2S. The monoisotopic (exact) mass is 800 g/mol. The summed E-state index contributed by atoms with van der Waals surface area (Å²) in [6, 6.07) is 24.3. The first-order valence-corrected chi connectivity index (χ1v) is 20.6. The Hall–Kier alpha value is -4.64. The minimum Gasteiger partial charge on any atom is -0.461 e. The van der Waals surface area contributed by atoms with Crippen LogP contribution in [-0.2, 0) is 11.3 Å². The van der Waals surface area contributed by atoms with E-state index in [1.807, 2.05) is 49.5 Å². The topological polar surface area (TPSA) is 157 Å². The Morgan fingerprint density at radius 1 is 0.839 bits per heavy atom. The van der Waals surface area contributed by atoms with Crippen molar-refractivity contribution in [3.63, 3.8) is 0 Å². The first-order valence-electron chi connectivity index (χ1n) is 19.4. The summed E-state index contributed by atoms with van der Waals surface area (Å²) in [5, 5.41) is 21.6. The highest BCUT2D eigenvalue weighted by Crippen LogP contribution is 2.31. The molecule has 298 valence electrons. The molecule has 0 spiro atoms. The molecule has 1 aliphatic heterocycles. The molecule has 0 aliphatic carbocycles. The van der Waals surface area contributed by atoms with Gasteiger partial charge in [0.1, 0.15) is 11.6 Å². The molecule has 0 saturated carbocycles. The predicted octanol–water partition coefficient (Wildman–Crippen LogP) is 4.32. The van der Waals surface area contributed by atoms with Crippen molar-refractivity contribution >= 4 is 56.6 Å². The largest absolute Gasteiger partial charge is 0.461 e. The molecule has 3 heterocycles. The van der Waals surface area contributed by atoms with Crippen LogP contribution >= 0.6 is 22.9 Å². The van der Waals surface area contributed by atoms with Gasteiger partial charge in [-0.3, -0.25) is 4.79 Å². The van der Waals surface area contributed by atoms with E-state index in [2.05, 4.69) is 87.0 Å². The van der Waals surface area contributed by atoms with Gasteiger partial charge in [-0.2, -0.15) is 15.0 Å². The summed E-state index contributed by atoms with van der Waals surface area (Å²) in [4.78, 5) is 35.6. The maximum absolute atomic E-state index is 12.7. The van der Waals surface area contributed by atoms with Crippen LogP contribution < -0.4 is 41.5 Å². The number of ether oxygens (including phenoxy) is 1. The predicted molar refractivity (Wildman–Crippen MR) is 228 cm³/mol. The van der Waals surface area contributed by atoms with Crippen molar-refractivity contribution in [1.29, 1.82) is 0 Å². The fourth-order valence-electron chi connectivity index (χ4n) is 6.06. The van der Waals surface area contributed by atoms with Gasteiger partial charge in [0.05, 0.1) is 16.8 Å². The van der Waals surface area contributed by atoms with Crippen LogP contribution in [0.15, 0.2) is 72.8 Å². The van der Waals surface area contributed by atoms with Gasteiger partial charge < -0.3 is 46.4 Å². The molecule has 1 aliphatic rings. The first kappa shape index (κ1) is 41.0. The smallest absolute Gasteiger partial charge is 0.323 e. The quantitative estimate of drug-likeness (QED) is 0.0741. The van der Waals surface area contributed by atoms with Crippen molar-refractivity contribution in [2.75, 3.05) is 108 Å². The summed E-state index contributed by atoms with van der Waals surface area (Å²) in [6.45, 7) is 11.2. The number of hydrogen-bond acceptors (Lipinski definition) is 14. The van der Waals surface area contributed by atoms with Crippen molar-refractivity contribution in [3.05, 3.63) is 83.4 Å². The zero-order valence-corrected chi connectivity index (χ0v) is 33.6. The van der Waals surface area contributed by atoms with Crippen LogP contribution in [0.4, 0.5) is 17.6 Å². The zero-order chi connectivity index (χ0) is 38.8. The molecular weight excluding hydrogens is 748 g/mol. The number of likely N-dealkylation sites (N-methyl/N-ethyl adjacent to an activating group) is 1. The summed E-state index contributed by atoms with van der Waals surface area (Å²) < 4.78 is 7.23. The number of carbonyl (C=O) groups excluding carboxylic acids is 1. The maximum atomic E-state index is 12.7. The van der Waals surface area contributed by atoms with Crippen LogP contribution in [0.2, 0.25) is 5.02 Å². The van der Waals surface area contributed by atoms with Gasteiger partial charge in [-0.1, -0.05) is 35.9 Å². The fourth-order valence-corrected chi connectivity index (χ4v) is 7.16. The van der Waals surface area contributed by atoms with Crippen LogP contribution in [0.1, 0.15) is 18.4 Å². The second-order valence-corrected chi connectivity index (χ2v) is 15.0. The van der Waals surface area contributed by atoms with Crippen molar-refractivity contribution < 1.29 is 9.53 Å². The lowest BCUT2D eigenvalue weighted by atomic mass is 10.2. The Morgan fingerprint density at radius 3 is 2.27 bits per heavy atom. The van der Waals surface area contributed by atoms with Gasteiger partial charge in [0.25, 0.3) is 0 Å². The Labute approximate surface area is 338 Å². The number of rotatable bonds is 17. The lowest BCUT2D eigenvalue weighted by molar-refractivity contribution is -0.120. The number of nitrogens with one attached hydrogen (secondary N) is 6. The summed E-state index contributed by atoms with van der Waals surface area (Å²) >= 11 is 7.77. The summed E-state index contributed by atoms with van der Waals surface area (Å²) in [5.41, 5.74) is 4.18. The van der Waals surface area contributed by atoms with E-state index in [9.17, 15) is 4.79 Å². The summed E-state index contributed by atoms with van der Waals surface area (Å²) in [6.07, 6.45) is 1.17. The molecule has 16 heteroatoms. The highest BCUT2D eigenvalue weighted by Gasteiger charge is 2.12. The van der Waals surface area contributed by atoms with Gasteiger partial charge in [-0.15, -0.1) is 11.3 Å². The standard InChI is InChI=1S/C40H53ClN12O2S/c1-52(33-13-9-31(10-14-33)37-48-34-5-2-3-6-35(34)56-37)27-28-55-40-50-38(49-39(51-40)47-29-30-7-11-32(41)12-8-30)46-17-15-36(54)45-16-4-24-53-25-22-43-20-18-42-19-21-44-23-26-53/h2-3,5-14,42-44H,4,15-29H2,1H3,(H,45,54)(H2,46,47,49,50,51). The second-order valence-electron chi connectivity index (χ2n) is 13.5. The highest BCUT2D eigenvalue weighted by molar-refractivity contribution is 7.21. The number of amides is 1.